The molecule has 0 unspecified atom stereocenters. The molecule has 1 aromatic carbocycles. The number of nitrogens with two attached hydrogens (primary N) is 1. The number of nitrogens with one attached hydrogen (secondary N) is 1. The van der Waals surface area contributed by atoms with Gasteiger partial charge in [-0.25, -0.2) is 8.42 Å². The van der Waals surface area contributed by atoms with E-state index in [-0.39, 0.29) is 4.90 Å². The summed E-state index contributed by atoms with van der Waals surface area (Å²) in [6.07, 6.45) is 0. The third-order valence-electron chi connectivity index (χ3n) is 1.83. The van der Waals surface area contributed by atoms with Crippen LogP contribution in [0.4, 0.5) is 0 Å². The summed E-state index contributed by atoms with van der Waals surface area (Å²) < 4.78 is 27.6. The van der Waals surface area contributed by atoms with Crippen molar-refractivity contribution in [2.75, 3.05) is 7.11 Å². The Kier molecular flexibility index (Phi) is 3.10. The molecule has 0 fully saturated rings. The molecule has 3 N–H and O–H groups in total. The van der Waals surface area contributed by atoms with Gasteiger partial charge in [0.1, 0.15) is 5.75 Å². The zero-order chi connectivity index (χ0) is 10.8. The molecule has 0 radical (unpaired) electrons. The molecule has 0 amide bonds. The van der Waals surface area contributed by atoms with Crippen LogP contribution in [0.2, 0.25) is 0 Å². The quantitative estimate of drug-likeness (QED) is 0.557. The molecule has 6 heteroatoms. The Balaban J connectivity index is 3.22. The summed E-state index contributed by atoms with van der Waals surface area (Å²) in [6, 6.07) is 4.51. The van der Waals surface area contributed by atoms with E-state index in [0.717, 1.165) is 5.56 Å². The Labute approximate surface area is 82.9 Å². The number of hydrazine groups is 1. The summed E-state index contributed by atoms with van der Waals surface area (Å²) in [5.74, 6) is 5.53. The van der Waals surface area contributed by atoms with Gasteiger partial charge in [0.2, 0.25) is 0 Å². The number of aryl methyl sites for hydroxylation is 1. The summed E-state index contributed by atoms with van der Waals surface area (Å²) in [5, 5.41) is 0. The highest BCUT2D eigenvalue weighted by Crippen LogP contribution is 2.20. The first-order chi connectivity index (χ1) is 6.51. The van der Waals surface area contributed by atoms with Gasteiger partial charge in [-0.05, 0) is 30.7 Å². The van der Waals surface area contributed by atoms with Gasteiger partial charge >= 0.3 is 0 Å². The molecule has 0 heterocycles. The SMILES string of the molecule is COc1ccc(S(=O)(=O)NN)cc1C. The van der Waals surface area contributed by atoms with Crippen molar-refractivity contribution in [2.24, 2.45) is 5.84 Å². The third kappa shape index (κ3) is 2.03. The molecule has 1 rings (SSSR count). The van der Waals surface area contributed by atoms with Crippen molar-refractivity contribution < 1.29 is 13.2 Å². The smallest absolute Gasteiger partial charge is 0.253 e. The average molecular weight is 216 g/mol. The minimum atomic E-state index is -3.57. The molecule has 1 aromatic rings. The molecule has 0 aromatic heterocycles. The minimum absolute atomic E-state index is 0.123. The molecule has 0 aliphatic carbocycles. The zero-order valence-corrected chi connectivity index (χ0v) is 8.76. The number of methoxy groups -OCH3 is 1. The van der Waals surface area contributed by atoms with E-state index < -0.39 is 10.0 Å². The maximum absolute atomic E-state index is 11.3. The predicted molar refractivity (Wildman–Crippen MR) is 52.2 cm³/mol. The first-order valence-electron chi connectivity index (χ1n) is 3.88. The molecular formula is C8H12N2O3S. The molecule has 14 heavy (non-hydrogen) atoms. The van der Waals surface area contributed by atoms with E-state index >= 15 is 0 Å². The summed E-state index contributed by atoms with van der Waals surface area (Å²) in [6.45, 7) is 1.76. The lowest BCUT2D eigenvalue weighted by Gasteiger charge is -2.07. The normalized spacial score (nSPS) is 11.4. The van der Waals surface area contributed by atoms with Crippen LogP contribution < -0.4 is 15.4 Å². The Morgan fingerprint density at radius 1 is 1.43 bits per heavy atom. The van der Waals surface area contributed by atoms with Crippen LogP contribution in [-0.4, -0.2) is 15.5 Å². The first kappa shape index (κ1) is 11.0. The van der Waals surface area contributed by atoms with Crippen molar-refractivity contribution in [3.63, 3.8) is 0 Å². The zero-order valence-electron chi connectivity index (χ0n) is 7.94. The predicted octanol–water partition coefficient (Wildman–Crippen LogP) is 0.156. The van der Waals surface area contributed by atoms with E-state index in [4.69, 9.17) is 10.6 Å². The maximum Gasteiger partial charge on any atom is 0.253 e. The monoisotopic (exact) mass is 216 g/mol. The van der Waals surface area contributed by atoms with E-state index in [2.05, 4.69) is 0 Å². The molecule has 0 spiro atoms. The van der Waals surface area contributed by atoms with Crippen LogP contribution in [0.3, 0.4) is 0 Å². The van der Waals surface area contributed by atoms with Crippen molar-refractivity contribution in [2.45, 2.75) is 11.8 Å². The summed E-state index contributed by atoms with van der Waals surface area (Å²) in [7, 11) is -2.05. The van der Waals surface area contributed by atoms with Gasteiger partial charge in [0, 0.05) is 0 Å². The summed E-state index contributed by atoms with van der Waals surface area (Å²) in [5.41, 5.74) is 0.740. The van der Waals surface area contributed by atoms with E-state index in [0.29, 0.717) is 5.75 Å². The summed E-state index contributed by atoms with van der Waals surface area (Å²) in [4.78, 5) is 1.88. The number of ether oxygens (including phenoxy) is 1. The fourth-order valence-electron chi connectivity index (χ4n) is 1.09. The van der Waals surface area contributed by atoms with Crippen LogP contribution in [-0.2, 0) is 10.0 Å². The highest BCUT2D eigenvalue weighted by molar-refractivity contribution is 7.89. The van der Waals surface area contributed by atoms with E-state index in [1.807, 2.05) is 0 Å². The molecule has 0 bridgehead atoms. The molecule has 0 aliphatic heterocycles. The molecule has 78 valence electrons. The lowest BCUT2D eigenvalue weighted by atomic mass is 10.2. The van der Waals surface area contributed by atoms with Crippen molar-refractivity contribution in [3.05, 3.63) is 23.8 Å². The average Bonchev–Trinajstić information content (AvgIpc) is 2.17. The highest BCUT2D eigenvalue weighted by atomic mass is 32.2. The maximum atomic E-state index is 11.3. The second-order valence-corrected chi connectivity index (χ2v) is 4.47. The molecule has 0 saturated heterocycles. The molecule has 0 atom stereocenters. The third-order valence-corrected chi connectivity index (χ3v) is 3.02. The fraction of sp³-hybridized carbons (Fsp3) is 0.250. The fourth-order valence-corrected chi connectivity index (χ4v) is 1.80. The lowest BCUT2D eigenvalue weighted by molar-refractivity contribution is 0.411. The first-order valence-corrected chi connectivity index (χ1v) is 5.36. The van der Waals surface area contributed by atoms with E-state index in [9.17, 15) is 8.42 Å². The lowest BCUT2D eigenvalue weighted by Crippen LogP contribution is -2.30. The van der Waals surface area contributed by atoms with Crippen LogP contribution in [0, 0.1) is 6.92 Å². The Bertz CT molecular complexity index is 428. The van der Waals surface area contributed by atoms with Gasteiger partial charge in [0.25, 0.3) is 10.0 Å². The Hall–Kier alpha value is -1.11. The van der Waals surface area contributed by atoms with Crippen molar-refractivity contribution >= 4 is 10.0 Å². The van der Waals surface area contributed by atoms with Crippen LogP contribution in [0.25, 0.3) is 0 Å². The highest BCUT2D eigenvalue weighted by Gasteiger charge is 2.12. The van der Waals surface area contributed by atoms with Gasteiger partial charge in [0.15, 0.2) is 0 Å². The van der Waals surface area contributed by atoms with Crippen molar-refractivity contribution in [3.8, 4) is 5.75 Å². The van der Waals surface area contributed by atoms with Crippen LogP contribution in [0.1, 0.15) is 5.56 Å². The molecular weight excluding hydrogens is 204 g/mol. The van der Waals surface area contributed by atoms with Crippen LogP contribution in [0.15, 0.2) is 23.1 Å². The van der Waals surface area contributed by atoms with Gasteiger partial charge in [-0.2, -0.15) is 4.83 Å². The molecule has 0 saturated carbocycles. The van der Waals surface area contributed by atoms with Gasteiger partial charge in [-0.3, -0.25) is 5.84 Å². The number of hydrogen-bond donors (Lipinski definition) is 2. The number of benzene rings is 1. The van der Waals surface area contributed by atoms with Gasteiger partial charge in [0.05, 0.1) is 12.0 Å². The molecule has 5 nitrogen and oxygen atoms in total. The second-order valence-electron chi connectivity index (χ2n) is 2.75. The topological polar surface area (TPSA) is 81.4 Å². The van der Waals surface area contributed by atoms with E-state index in [1.165, 1.54) is 19.2 Å². The van der Waals surface area contributed by atoms with Gasteiger partial charge < -0.3 is 4.74 Å². The molecule has 0 aliphatic rings. The Morgan fingerprint density at radius 3 is 2.50 bits per heavy atom. The van der Waals surface area contributed by atoms with E-state index in [1.54, 1.807) is 17.8 Å². The number of sulfonamides is 1. The largest absolute Gasteiger partial charge is 0.496 e. The van der Waals surface area contributed by atoms with Gasteiger partial charge in [-0.15, -0.1) is 0 Å². The summed E-state index contributed by atoms with van der Waals surface area (Å²) >= 11 is 0. The Morgan fingerprint density at radius 2 is 2.07 bits per heavy atom. The number of rotatable bonds is 3. The van der Waals surface area contributed by atoms with Crippen molar-refractivity contribution in [1.29, 1.82) is 0 Å². The number of hydrogen-bond acceptors (Lipinski definition) is 4. The second kappa shape index (κ2) is 3.95. The van der Waals surface area contributed by atoms with Crippen LogP contribution in [0.5, 0.6) is 5.75 Å². The van der Waals surface area contributed by atoms with Gasteiger partial charge in [-0.1, -0.05) is 0 Å². The van der Waals surface area contributed by atoms with Crippen LogP contribution >= 0.6 is 0 Å². The minimum Gasteiger partial charge on any atom is -0.496 e. The van der Waals surface area contributed by atoms with Crippen molar-refractivity contribution in [1.82, 2.24) is 4.83 Å². The standard InChI is InChI=1S/C8H12N2O3S/c1-6-5-7(14(11,12)10-9)3-4-8(6)13-2/h3-5,10H,9H2,1-2H3.